The first-order valence-electron chi connectivity index (χ1n) is 9.59. The normalized spacial score (nSPS) is 10.7. The number of anilines is 2. The lowest BCUT2D eigenvalue weighted by atomic mass is 9.98. The van der Waals surface area contributed by atoms with Gasteiger partial charge >= 0.3 is 0 Å². The smallest absolute Gasteiger partial charge is 0.259 e. The lowest BCUT2D eigenvalue weighted by Crippen LogP contribution is -2.17. The molecule has 31 heavy (non-hydrogen) atoms. The van der Waals surface area contributed by atoms with Crippen LogP contribution in [0.5, 0.6) is 0 Å². The summed E-state index contributed by atoms with van der Waals surface area (Å²) in [5, 5.41) is 8.49. The number of carbonyl (C=O) groups is 2. The molecular formula is C25H18Cl2N2O2. The van der Waals surface area contributed by atoms with E-state index in [-0.39, 0.29) is 16.5 Å². The van der Waals surface area contributed by atoms with Gasteiger partial charge in [-0.15, -0.1) is 0 Å². The van der Waals surface area contributed by atoms with Crippen molar-refractivity contribution in [1.82, 2.24) is 0 Å². The fourth-order valence-corrected chi connectivity index (χ4v) is 3.99. The molecule has 2 amide bonds. The van der Waals surface area contributed by atoms with Gasteiger partial charge in [0, 0.05) is 23.2 Å². The van der Waals surface area contributed by atoms with Gasteiger partial charge in [-0.2, -0.15) is 0 Å². The molecule has 4 aromatic carbocycles. The van der Waals surface area contributed by atoms with Crippen LogP contribution in [0, 0.1) is 0 Å². The minimum Gasteiger partial charge on any atom is -0.326 e. The first kappa shape index (κ1) is 20.9. The van der Waals surface area contributed by atoms with E-state index in [9.17, 15) is 9.59 Å². The first-order valence-corrected chi connectivity index (χ1v) is 10.3. The third kappa shape index (κ3) is 4.41. The average molecular weight is 449 g/mol. The van der Waals surface area contributed by atoms with Crippen molar-refractivity contribution in [3.05, 3.63) is 94.5 Å². The molecule has 0 radical (unpaired) electrons. The van der Waals surface area contributed by atoms with Crippen molar-refractivity contribution < 1.29 is 9.59 Å². The van der Waals surface area contributed by atoms with Crippen LogP contribution in [0.2, 0.25) is 10.0 Å². The second kappa shape index (κ2) is 8.80. The third-order valence-electron chi connectivity index (χ3n) is 4.86. The van der Waals surface area contributed by atoms with Gasteiger partial charge in [-0.25, -0.2) is 0 Å². The van der Waals surface area contributed by atoms with Crippen LogP contribution >= 0.6 is 23.2 Å². The molecule has 154 valence electrons. The van der Waals surface area contributed by atoms with Crippen LogP contribution in [-0.4, -0.2) is 11.8 Å². The van der Waals surface area contributed by atoms with Crippen molar-refractivity contribution in [2.24, 2.45) is 0 Å². The number of rotatable bonds is 4. The molecular weight excluding hydrogens is 431 g/mol. The number of amides is 2. The Morgan fingerprint density at radius 3 is 2.29 bits per heavy atom. The van der Waals surface area contributed by atoms with E-state index in [4.69, 9.17) is 23.2 Å². The predicted molar refractivity (Wildman–Crippen MR) is 128 cm³/mol. The summed E-state index contributed by atoms with van der Waals surface area (Å²) in [5.41, 5.74) is 2.88. The molecule has 0 unspecified atom stereocenters. The van der Waals surface area contributed by atoms with Crippen molar-refractivity contribution in [2.45, 2.75) is 6.92 Å². The van der Waals surface area contributed by atoms with Crippen molar-refractivity contribution in [3.63, 3.8) is 0 Å². The monoisotopic (exact) mass is 448 g/mol. The fourth-order valence-electron chi connectivity index (χ4n) is 3.51. The zero-order valence-electron chi connectivity index (χ0n) is 16.6. The molecule has 0 aliphatic heterocycles. The minimum atomic E-state index is -0.430. The van der Waals surface area contributed by atoms with Crippen LogP contribution < -0.4 is 10.6 Å². The maximum atomic E-state index is 13.0. The summed E-state index contributed by atoms with van der Waals surface area (Å²) in [5.74, 6) is -0.721. The van der Waals surface area contributed by atoms with Crippen LogP contribution in [0.4, 0.5) is 11.4 Å². The summed E-state index contributed by atoms with van der Waals surface area (Å²) in [6.07, 6.45) is 0. The number of hydrogen-bond donors (Lipinski definition) is 2. The summed E-state index contributed by atoms with van der Waals surface area (Å²) in [6.45, 7) is 1.37. The minimum absolute atomic E-state index is 0.195. The second-order valence-electron chi connectivity index (χ2n) is 7.02. The van der Waals surface area contributed by atoms with Gasteiger partial charge in [0.25, 0.3) is 5.91 Å². The Bertz CT molecular complexity index is 1310. The zero-order valence-corrected chi connectivity index (χ0v) is 18.1. The SMILES string of the molecule is CC(=O)Nc1cccc(Cl)c1C(=O)Nc1ccc(Cl)c(-c2cccc3ccccc23)c1. The fraction of sp³-hybridized carbons (Fsp3) is 0.0400. The molecule has 0 atom stereocenters. The van der Waals surface area contributed by atoms with Gasteiger partial charge in [-0.1, -0.05) is 71.7 Å². The van der Waals surface area contributed by atoms with Crippen molar-refractivity contribution in [3.8, 4) is 11.1 Å². The van der Waals surface area contributed by atoms with Crippen LogP contribution in [0.1, 0.15) is 17.3 Å². The summed E-state index contributed by atoms with van der Waals surface area (Å²) in [6, 6.07) is 24.3. The van der Waals surface area contributed by atoms with Crippen LogP contribution in [0.15, 0.2) is 78.9 Å². The Hall–Kier alpha value is -3.34. The maximum Gasteiger partial charge on any atom is 0.259 e. The van der Waals surface area contributed by atoms with E-state index >= 15 is 0 Å². The molecule has 2 N–H and O–H groups in total. The second-order valence-corrected chi connectivity index (χ2v) is 7.83. The van der Waals surface area contributed by atoms with E-state index in [2.05, 4.69) is 10.6 Å². The van der Waals surface area contributed by atoms with Crippen molar-refractivity contribution in [2.75, 3.05) is 10.6 Å². The molecule has 4 aromatic rings. The standard InChI is InChI=1S/C25H18Cl2N2O2/c1-15(30)28-23-11-5-10-22(27)24(23)25(31)29-17-12-13-21(26)20(14-17)19-9-4-7-16-6-2-3-8-18(16)19/h2-14H,1H3,(H,28,30)(H,29,31). The average Bonchev–Trinajstić information content (AvgIpc) is 2.74. The Morgan fingerprint density at radius 2 is 1.48 bits per heavy atom. The van der Waals surface area contributed by atoms with Crippen LogP contribution in [0.3, 0.4) is 0 Å². The van der Waals surface area contributed by atoms with Gasteiger partial charge in [0.1, 0.15) is 0 Å². The van der Waals surface area contributed by atoms with Crippen molar-refractivity contribution in [1.29, 1.82) is 0 Å². The van der Waals surface area contributed by atoms with E-state index < -0.39 is 5.91 Å². The zero-order chi connectivity index (χ0) is 22.0. The van der Waals surface area contributed by atoms with Gasteiger partial charge in [0.15, 0.2) is 0 Å². The highest BCUT2D eigenvalue weighted by molar-refractivity contribution is 6.36. The lowest BCUT2D eigenvalue weighted by Gasteiger charge is -2.14. The molecule has 0 fully saturated rings. The highest BCUT2D eigenvalue weighted by atomic mass is 35.5. The number of fused-ring (bicyclic) bond motifs is 1. The molecule has 0 saturated carbocycles. The van der Waals surface area contributed by atoms with E-state index in [0.717, 1.165) is 21.9 Å². The summed E-state index contributed by atoms with van der Waals surface area (Å²) in [4.78, 5) is 24.5. The van der Waals surface area contributed by atoms with Crippen LogP contribution in [-0.2, 0) is 4.79 Å². The van der Waals surface area contributed by atoms with Gasteiger partial charge in [0.05, 0.1) is 16.3 Å². The Kier molecular flexibility index (Phi) is 5.94. The lowest BCUT2D eigenvalue weighted by molar-refractivity contribution is -0.114. The van der Waals surface area contributed by atoms with E-state index in [1.54, 1.807) is 30.3 Å². The molecule has 0 aliphatic rings. The molecule has 4 nitrogen and oxygen atoms in total. The molecule has 0 aliphatic carbocycles. The van der Waals surface area contributed by atoms with Gasteiger partial charge in [-0.05, 0) is 46.7 Å². The van der Waals surface area contributed by atoms with E-state index in [1.165, 1.54) is 6.92 Å². The molecule has 0 spiro atoms. The highest BCUT2D eigenvalue weighted by Crippen LogP contribution is 2.35. The molecule has 0 heterocycles. The number of nitrogens with one attached hydrogen (secondary N) is 2. The van der Waals surface area contributed by atoms with Gasteiger partial charge < -0.3 is 10.6 Å². The van der Waals surface area contributed by atoms with Gasteiger partial charge in [0.2, 0.25) is 5.91 Å². The number of halogens is 2. The van der Waals surface area contributed by atoms with E-state index in [0.29, 0.717) is 16.4 Å². The molecule has 6 heteroatoms. The summed E-state index contributed by atoms with van der Waals surface area (Å²) in [7, 11) is 0. The molecule has 0 aromatic heterocycles. The predicted octanol–water partition coefficient (Wildman–Crippen LogP) is 7.02. The summed E-state index contributed by atoms with van der Waals surface area (Å²) < 4.78 is 0. The highest BCUT2D eigenvalue weighted by Gasteiger charge is 2.17. The van der Waals surface area contributed by atoms with Crippen molar-refractivity contribution >= 4 is 57.2 Å². The Balaban J connectivity index is 1.72. The summed E-state index contributed by atoms with van der Waals surface area (Å²) >= 11 is 12.8. The van der Waals surface area contributed by atoms with E-state index in [1.807, 2.05) is 48.5 Å². The largest absolute Gasteiger partial charge is 0.326 e. The molecule has 4 rings (SSSR count). The number of carbonyl (C=O) groups excluding carboxylic acids is 2. The first-order chi connectivity index (χ1) is 14.9. The van der Waals surface area contributed by atoms with Gasteiger partial charge in [-0.3, -0.25) is 9.59 Å². The maximum absolute atomic E-state index is 13.0. The topological polar surface area (TPSA) is 58.2 Å². The van der Waals surface area contributed by atoms with Crippen LogP contribution in [0.25, 0.3) is 21.9 Å². The quantitative estimate of drug-likeness (QED) is 0.352. The Morgan fingerprint density at radius 1 is 0.742 bits per heavy atom. The third-order valence-corrected chi connectivity index (χ3v) is 5.50. The number of hydrogen-bond acceptors (Lipinski definition) is 2. The molecule has 0 saturated heterocycles. The Labute approximate surface area is 189 Å². The number of benzene rings is 4. The molecule has 0 bridgehead atoms.